The van der Waals surface area contributed by atoms with E-state index >= 15 is 0 Å². The minimum Gasteiger partial charge on any atom is -0.387 e. The number of nitrogens with one attached hydrogen (secondary N) is 1. The lowest BCUT2D eigenvalue weighted by Crippen LogP contribution is -2.28. The molecular weight excluding hydrogens is 368 g/mol. The van der Waals surface area contributed by atoms with Gasteiger partial charge in [0.05, 0.1) is 16.1 Å². The third kappa shape index (κ3) is 4.51. The summed E-state index contributed by atoms with van der Waals surface area (Å²) in [4.78, 5) is 12.0. The highest BCUT2D eigenvalue weighted by Crippen LogP contribution is 2.24. The lowest BCUT2D eigenvalue weighted by Gasteiger charge is -2.13. The van der Waals surface area contributed by atoms with Gasteiger partial charge in [-0.2, -0.15) is 0 Å². The van der Waals surface area contributed by atoms with Crippen LogP contribution < -0.4 is 5.32 Å². The minimum atomic E-state index is -0.928. The summed E-state index contributed by atoms with van der Waals surface area (Å²) < 4.78 is 0. The molecule has 0 heterocycles. The summed E-state index contributed by atoms with van der Waals surface area (Å²) in [5, 5.41) is 14.2. The van der Waals surface area contributed by atoms with Gasteiger partial charge in [-0.25, -0.2) is 0 Å². The number of hydrogen-bond acceptors (Lipinski definition) is 2. The minimum absolute atomic E-state index is 0.00967. The molecule has 1 atom stereocenters. The van der Waals surface area contributed by atoms with E-state index in [1.54, 1.807) is 24.3 Å². The van der Waals surface area contributed by atoms with E-state index in [1.165, 1.54) is 12.1 Å². The first-order valence-corrected chi connectivity index (χ1v) is 7.75. The Hall–Kier alpha value is -0.970. The number of benzene rings is 2. The summed E-state index contributed by atoms with van der Waals surface area (Å²) >= 11 is 23.4. The van der Waals surface area contributed by atoms with Gasteiger partial charge in [-0.1, -0.05) is 46.4 Å². The van der Waals surface area contributed by atoms with Gasteiger partial charge in [0.2, 0.25) is 0 Å². The van der Waals surface area contributed by atoms with E-state index < -0.39 is 6.10 Å². The second-order valence-electron chi connectivity index (χ2n) is 4.56. The predicted molar refractivity (Wildman–Crippen MR) is 90.2 cm³/mol. The highest BCUT2D eigenvalue weighted by Gasteiger charge is 2.13. The van der Waals surface area contributed by atoms with Crippen molar-refractivity contribution in [3.63, 3.8) is 0 Å². The van der Waals surface area contributed by atoms with Crippen molar-refractivity contribution in [3.05, 3.63) is 67.6 Å². The first-order valence-electron chi connectivity index (χ1n) is 6.24. The molecule has 0 aliphatic heterocycles. The van der Waals surface area contributed by atoms with Crippen molar-refractivity contribution < 1.29 is 9.90 Å². The number of carbonyl (C=O) groups is 1. The molecule has 0 radical (unpaired) electrons. The molecule has 2 rings (SSSR count). The maximum absolute atomic E-state index is 12.0. The monoisotopic (exact) mass is 377 g/mol. The topological polar surface area (TPSA) is 49.3 Å². The summed E-state index contributed by atoms with van der Waals surface area (Å²) in [5.74, 6) is -0.370. The van der Waals surface area contributed by atoms with Crippen molar-refractivity contribution in [1.29, 1.82) is 0 Å². The Morgan fingerprint density at radius 1 is 1.00 bits per heavy atom. The molecule has 0 bridgehead atoms. The van der Waals surface area contributed by atoms with Gasteiger partial charge in [-0.15, -0.1) is 0 Å². The molecular formula is C15H11Cl4NO2. The van der Waals surface area contributed by atoms with Crippen LogP contribution in [-0.2, 0) is 0 Å². The molecule has 0 aliphatic rings. The van der Waals surface area contributed by atoms with Crippen LogP contribution in [0.25, 0.3) is 0 Å². The summed E-state index contributed by atoms with van der Waals surface area (Å²) in [6, 6.07) is 9.28. The van der Waals surface area contributed by atoms with E-state index in [0.29, 0.717) is 26.2 Å². The first-order chi connectivity index (χ1) is 10.4. The van der Waals surface area contributed by atoms with Crippen molar-refractivity contribution >= 4 is 52.3 Å². The van der Waals surface area contributed by atoms with E-state index in [-0.39, 0.29) is 17.5 Å². The lowest BCUT2D eigenvalue weighted by atomic mass is 10.1. The molecule has 0 spiro atoms. The van der Waals surface area contributed by atoms with Crippen molar-refractivity contribution in [3.8, 4) is 0 Å². The SMILES string of the molecule is O=C(NCC(O)c1cc(Cl)cc(Cl)c1)c1ccc(Cl)c(Cl)c1. The fourth-order valence-corrected chi connectivity index (χ4v) is 2.66. The van der Waals surface area contributed by atoms with Gasteiger partial charge in [0.1, 0.15) is 0 Å². The van der Waals surface area contributed by atoms with Gasteiger partial charge < -0.3 is 10.4 Å². The third-order valence-electron chi connectivity index (χ3n) is 2.91. The zero-order valence-corrected chi connectivity index (χ0v) is 14.1. The number of amides is 1. The van der Waals surface area contributed by atoms with Gasteiger partial charge in [0, 0.05) is 22.2 Å². The Labute approximate surface area is 147 Å². The Kier molecular flexibility index (Phi) is 5.95. The average Bonchev–Trinajstić information content (AvgIpc) is 2.46. The predicted octanol–water partition coefficient (Wildman–Crippen LogP) is 4.76. The summed E-state index contributed by atoms with van der Waals surface area (Å²) in [6.45, 7) is 0.00967. The number of aliphatic hydroxyl groups excluding tert-OH is 1. The molecule has 22 heavy (non-hydrogen) atoms. The molecule has 2 aromatic carbocycles. The molecule has 1 unspecified atom stereocenters. The standard InChI is InChI=1S/C15H11Cl4NO2/c16-10-3-9(4-11(17)6-10)14(21)7-20-15(22)8-1-2-12(18)13(19)5-8/h1-6,14,21H,7H2,(H,20,22). The van der Waals surface area contributed by atoms with Crippen LogP contribution in [0.2, 0.25) is 20.1 Å². The van der Waals surface area contributed by atoms with Crippen molar-refractivity contribution in [2.75, 3.05) is 6.54 Å². The maximum Gasteiger partial charge on any atom is 0.251 e. The third-order valence-corrected chi connectivity index (χ3v) is 4.08. The molecule has 1 amide bonds. The number of hydrogen-bond donors (Lipinski definition) is 2. The van der Waals surface area contributed by atoms with Gasteiger partial charge in [-0.05, 0) is 42.0 Å². The van der Waals surface area contributed by atoms with Crippen molar-refractivity contribution in [2.24, 2.45) is 0 Å². The fraction of sp³-hybridized carbons (Fsp3) is 0.133. The molecule has 0 aromatic heterocycles. The number of rotatable bonds is 4. The van der Waals surface area contributed by atoms with Crippen LogP contribution in [0.4, 0.5) is 0 Å². The molecule has 2 aromatic rings. The Balaban J connectivity index is 2.02. The number of carbonyl (C=O) groups excluding carboxylic acids is 1. The van der Waals surface area contributed by atoms with Crippen LogP contribution in [-0.4, -0.2) is 17.6 Å². The molecule has 0 saturated carbocycles. The second-order valence-corrected chi connectivity index (χ2v) is 6.24. The van der Waals surface area contributed by atoms with E-state index in [2.05, 4.69) is 5.32 Å². The number of aliphatic hydroxyl groups is 1. The zero-order chi connectivity index (χ0) is 16.3. The van der Waals surface area contributed by atoms with E-state index in [4.69, 9.17) is 46.4 Å². The van der Waals surface area contributed by atoms with Gasteiger partial charge in [0.25, 0.3) is 5.91 Å². The summed E-state index contributed by atoms with van der Waals surface area (Å²) in [5.41, 5.74) is 0.873. The van der Waals surface area contributed by atoms with E-state index in [0.717, 1.165) is 0 Å². The highest BCUT2D eigenvalue weighted by atomic mass is 35.5. The maximum atomic E-state index is 12.0. The lowest BCUT2D eigenvalue weighted by molar-refractivity contribution is 0.0916. The summed E-state index contributed by atoms with van der Waals surface area (Å²) in [6.07, 6.45) is -0.928. The van der Waals surface area contributed by atoms with Crippen molar-refractivity contribution in [2.45, 2.75) is 6.10 Å². The fourth-order valence-electron chi connectivity index (χ4n) is 1.81. The van der Waals surface area contributed by atoms with Crippen LogP contribution in [0.5, 0.6) is 0 Å². The molecule has 0 aliphatic carbocycles. The van der Waals surface area contributed by atoms with Crippen LogP contribution >= 0.6 is 46.4 Å². The molecule has 3 nitrogen and oxygen atoms in total. The molecule has 2 N–H and O–H groups in total. The second kappa shape index (κ2) is 7.53. The molecule has 116 valence electrons. The zero-order valence-electron chi connectivity index (χ0n) is 11.1. The first kappa shape index (κ1) is 17.4. The smallest absolute Gasteiger partial charge is 0.251 e. The van der Waals surface area contributed by atoms with Gasteiger partial charge >= 0.3 is 0 Å². The highest BCUT2D eigenvalue weighted by molar-refractivity contribution is 6.42. The normalized spacial score (nSPS) is 12.0. The van der Waals surface area contributed by atoms with E-state index in [9.17, 15) is 9.90 Å². The summed E-state index contributed by atoms with van der Waals surface area (Å²) in [7, 11) is 0. The Morgan fingerprint density at radius 2 is 1.64 bits per heavy atom. The molecule has 0 saturated heterocycles. The van der Waals surface area contributed by atoms with Crippen LogP contribution in [0.15, 0.2) is 36.4 Å². The van der Waals surface area contributed by atoms with Crippen molar-refractivity contribution in [1.82, 2.24) is 5.32 Å². The van der Waals surface area contributed by atoms with Gasteiger partial charge in [0.15, 0.2) is 0 Å². The quantitative estimate of drug-likeness (QED) is 0.805. The average molecular weight is 379 g/mol. The molecule has 7 heteroatoms. The molecule has 0 fully saturated rings. The Bertz CT molecular complexity index is 686. The van der Waals surface area contributed by atoms with Gasteiger partial charge in [-0.3, -0.25) is 4.79 Å². The van der Waals surface area contributed by atoms with Crippen LogP contribution in [0, 0.1) is 0 Å². The Morgan fingerprint density at radius 3 is 2.23 bits per heavy atom. The van der Waals surface area contributed by atoms with E-state index in [1.807, 2.05) is 0 Å². The number of halogens is 4. The largest absolute Gasteiger partial charge is 0.387 e. The van der Waals surface area contributed by atoms with Crippen LogP contribution in [0.3, 0.4) is 0 Å². The van der Waals surface area contributed by atoms with Crippen LogP contribution in [0.1, 0.15) is 22.0 Å².